The summed E-state index contributed by atoms with van der Waals surface area (Å²) in [5, 5.41) is 0.634. The number of hydrogen-bond donors (Lipinski definition) is 0. The molecule has 0 saturated heterocycles. The number of carbonyl (C=O) groups excluding carboxylic acids is 1. The van der Waals surface area contributed by atoms with Gasteiger partial charge in [0, 0.05) is 5.56 Å². The SMILES string of the molecule is CCOc1ccc(C(=O)C(=Cc2ccc(F)cc2)c2nc3ccccc3s2)cc1. The molecule has 0 atom stereocenters. The Bertz CT molecular complexity index is 1140. The average molecular weight is 403 g/mol. The topological polar surface area (TPSA) is 39.2 Å². The third-order valence-electron chi connectivity index (χ3n) is 4.38. The van der Waals surface area contributed by atoms with Gasteiger partial charge in [0.25, 0.3) is 0 Å². The number of allylic oxidation sites excluding steroid dienone is 1. The number of Topliss-reactive ketones (excluding diaryl/α,β-unsaturated/α-hetero) is 1. The van der Waals surface area contributed by atoms with Crippen molar-refractivity contribution in [3.05, 3.63) is 94.7 Å². The normalized spacial score (nSPS) is 11.6. The predicted molar refractivity (Wildman–Crippen MR) is 116 cm³/mol. The molecule has 0 amide bonds. The molecule has 1 aromatic heterocycles. The van der Waals surface area contributed by atoms with Gasteiger partial charge in [0.2, 0.25) is 0 Å². The molecule has 5 heteroatoms. The van der Waals surface area contributed by atoms with Gasteiger partial charge < -0.3 is 4.74 Å². The number of halogens is 1. The van der Waals surface area contributed by atoms with Gasteiger partial charge in [-0.25, -0.2) is 9.37 Å². The van der Waals surface area contributed by atoms with Crippen LogP contribution in [0.4, 0.5) is 4.39 Å². The first-order chi connectivity index (χ1) is 14.1. The van der Waals surface area contributed by atoms with Crippen molar-refractivity contribution >= 4 is 39.0 Å². The number of hydrogen-bond acceptors (Lipinski definition) is 4. The molecular weight excluding hydrogens is 385 g/mol. The molecule has 3 nitrogen and oxygen atoms in total. The summed E-state index contributed by atoms with van der Waals surface area (Å²) in [5.74, 6) is 0.256. The Balaban J connectivity index is 1.78. The standard InChI is InChI=1S/C24H18FNO2S/c1-2-28-19-13-9-17(10-14-19)23(27)20(15-16-7-11-18(25)12-8-16)24-26-21-5-3-4-6-22(21)29-24/h3-15H,2H2,1H3. The summed E-state index contributed by atoms with van der Waals surface area (Å²) in [7, 11) is 0. The van der Waals surface area contributed by atoms with E-state index in [2.05, 4.69) is 4.98 Å². The summed E-state index contributed by atoms with van der Waals surface area (Å²) < 4.78 is 19.8. The molecule has 3 aromatic carbocycles. The van der Waals surface area contributed by atoms with Gasteiger partial charge >= 0.3 is 0 Å². The van der Waals surface area contributed by atoms with Crippen LogP contribution in [0.5, 0.6) is 5.75 Å². The van der Waals surface area contributed by atoms with E-state index in [1.807, 2.05) is 31.2 Å². The lowest BCUT2D eigenvalue weighted by molar-refractivity contribution is 0.105. The molecule has 0 N–H and O–H groups in total. The summed E-state index contributed by atoms with van der Waals surface area (Å²) in [5.41, 5.74) is 2.60. The maximum Gasteiger partial charge on any atom is 0.196 e. The zero-order valence-electron chi connectivity index (χ0n) is 15.8. The first kappa shape index (κ1) is 19.0. The van der Waals surface area contributed by atoms with Crippen LogP contribution in [-0.2, 0) is 0 Å². The van der Waals surface area contributed by atoms with E-state index in [9.17, 15) is 9.18 Å². The lowest BCUT2D eigenvalue weighted by Gasteiger charge is -2.07. The van der Waals surface area contributed by atoms with Crippen molar-refractivity contribution in [3.63, 3.8) is 0 Å². The van der Waals surface area contributed by atoms with Crippen molar-refractivity contribution in [2.45, 2.75) is 6.92 Å². The number of aromatic nitrogens is 1. The highest BCUT2D eigenvalue weighted by atomic mass is 32.1. The number of thiazole rings is 1. The number of fused-ring (bicyclic) bond motifs is 1. The second-order valence-electron chi connectivity index (χ2n) is 6.38. The Labute approximate surface area is 172 Å². The van der Waals surface area contributed by atoms with Crippen molar-refractivity contribution in [2.24, 2.45) is 0 Å². The molecule has 0 saturated carbocycles. The van der Waals surface area contributed by atoms with E-state index in [-0.39, 0.29) is 11.6 Å². The fraction of sp³-hybridized carbons (Fsp3) is 0.0833. The monoisotopic (exact) mass is 403 g/mol. The minimum absolute atomic E-state index is 0.142. The van der Waals surface area contributed by atoms with Gasteiger partial charge in [0.15, 0.2) is 5.78 Å². The molecule has 0 aliphatic rings. The zero-order chi connectivity index (χ0) is 20.2. The van der Waals surface area contributed by atoms with Crippen LogP contribution in [0, 0.1) is 5.82 Å². The van der Waals surface area contributed by atoms with E-state index in [1.165, 1.54) is 23.5 Å². The van der Waals surface area contributed by atoms with E-state index in [4.69, 9.17) is 4.74 Å². The Morgan fingerprint density at radius 2 is 1.76 bits per heavy atom. The first-order valence-corrected chi connectivity index (χ1v) is 10.1. The molecule has 4 rings (SSSR count). The number of para-hydroxylation sites is 1. The van der Waals surface area contributed by atoms with E-state index in [0.29, 0.717) is 28.5 Å². The van der Waals surface area contributed by atoms with Crippen LogP contribution in [0.15, 0.2) is 72.8 Å². The van der Waals surface area contributed by atoms with E-state index in [1.54, 1.807) is 42.5 Å². The molecular formula is C24H18FNO2S. The van der Waals surface area contributed by atoms with Crippen molar-refractivity contribution in [2.75, 3.05) is 6.61 Å². The van der Waals surface area contributed by atoms with Crippen LogP contribution < -0.4 is 4.74 Å². The summed E-state index contributed by atoms with van der Waals surface area (Å²) in [6, 6.07) is 20.9. The minimum atomic E-state index is -0.318. The molecule has 0 aliphatic carbocycles. The van der Waals surface area contributed by atoms with Gasteiger partial charge in [0.05, 0.1) is 22.4 Å². The maximum atomic E-state index is 13.3. The third-order valence-corrected chi connectivity index (χ3v) is 5.45. The number of ketones is 1. The first-order valence-electron chi connectivity index (χ1n) is 9.25. The molecule has 0 bridgehead atoms. The summed E-state index contributed by atoms with van der Waals surface area (Å²) in [4.78, 5) is 18.0. The second-order valence-corrected chi connectivity index (χ2v) is 7.41. The van der Waals surface area contributed by atoms with E-state index < -0.39 is 0 Å². The highest BCUT2D eigenvalue weighted by Gasteiger charge is 2.19. The lowest BCUT2D eigenvalue weighted by atomic mass is 10.0. The average Bonchev–Trinajstić information content (AvgIpc) is 3.17. The molecule has 0 radical (unpaired) electrons. The highest BCUT2D eigenvalue weighted by Crippen LogP contribution is 2.31. The minimum Gasteiger partial charge on any atom is -0.494 e. The molecule has 0 fully saturated rings. The Hall–Kier alpha value is -3.31. The van der Waals surface area contributed by atoms with Gasteiger partial charge in [0.1, 0.15) is 16.6 Å². The van der Waals surface area contributed by atoms with Gasteiger partial charge in [-0.1, -0.05) is 24.3 Å². The number of rotatable bonds is 6. The summed E-state index contributed by atoms with van der Waals surface area (Å²) in [6.45, 7) is 2.48. The van der Waals surface area contributed by atoms with Crippen molar-refractivity contribution in [1.82, 2.24) is 4.98 Å². The quantitative estimate of drug-likeness (QED) is 0.282. The van der Waals surface area contributed by atoms with Crippen molar-refractivity contribution in [1.29, 1.82) is 0 Å². The summed E-state index contributed by atoms with van der Waals surface area (Å²) in [6.07, 6.45) is 1.76. The number of nitrogens with zero attached hydrogens (tertiary/aromatic N) is 1. The smallest absolute Gasteiger partial charge is 0.196 e. The Morgan fingerprint density at radius 1 is 1.03 bits per heavy atom. The molecule has 4 aromatic rings. The van der Waals surface area contributed by atoms with E-state index in [0.717, 1.165) is 15.8 Å². The van der Waals surface area contributed by atoms with Gasteiger partial charge in [-0.3, -0.25) is 4.79 Å². The van der Waals surface area contributed by atoms with Crippen LogP contribution in [0.2, 0.25) is 0 Å². The number of benzene rings is 3. The van der Waals surface area contributed by atoms with Crippen LogP contribution in [0.3, 0.4) is 0 Å². The zero-order valence-corrected chi connectivity index (χ0v) is 16.6. The molecule has 1 heterocycles. The third kappa shape index (κ3) is 4.25. The van der Waals surface area contributed by atoms with E-state index >= 15 is 0 Å². The van der Waals surface area contributed by atoms with Crippen LogP contribution in [-0.4, -0.2) is 17.4 Å². The fourth-order valence-corrected chi connectivity index (χ4v) is 3.94. The molecule has 144 valence electrons. The van der Waals surface area contributed by atoms with Crippen LogP contribution in [0.1, 0.15) is 27.9 Å². The van der Waals surface area contributed by atoms with Crippen LogP contribution >= 0.6 is 11.3 Å². The lowest BCUT2D eigenvalue weighted by Crippen LogP contribution is -2.03. The molecule has 0 spiro atoms. The van der Waals surface area contributed by atoms with Gasteiger partial charge in [-0.15, -0.1) is 11.3 Å². The molecule has 29 heavy (non-hydrogen) atoms. The van der Waals surface area contributed by atoms with Crippen LogP contribution in [0.25, 0.3) is 21.9 Å². The largest absolute Gasteiger partial charge is 0.494 e. The summed E-state index contributed by atoms with van der Waals surface area (Å²) >= 11 is 1.46. The molecule has 0 unspecified atom stereocenters. The molecule has 0 aliphatic heterocycles. The maximum absolute atomic E-state index is 13.3. The van der Waals surface area contributed by atoms with Gasteiger partial charge in [-0.05, 0) is 67.1 Å². The number of ether oxygens (including phenoxy) is 1. The second kappa shape index (κ2) is 8.37. The Kier molecular flexibility index (Phi) is 5.49. The fourth-order valence-electron chi connectivity index (χ4n) is 2.96. The predicted octanol–water partition coefficient (Wildman–Crippen LogP) is 6.26. The number of carbonyl (C=O) groups is 1. The van der Waals surface area contributed by atoms with Gasteiger partial charge in [-0.2, -0.15) is 0 Å². The Morgan fingerprint density at radius 3 is 2.45 bits per heavy atom. The van der Waals surface area contributed by atoms with Crippen molar-refractivity contribution < 1.29 is 13.9 Å². The van der Waals surface area contributed by atoms with Crippen molar-refractivity contribution in [3.8, 4) is 5.75 Å². The highest BCUT2D eigenvalue weighted by molar-refractivity contribution is 7.20.